The van der Waals surface area contributed by atoms with Crippen LogP contribution in [0.25, 0.3) is 0 Å². The summed E-state index contributed by atoms with van der Waals surface area (Å²) in [6.45, 7) is 1.74. The number of hydrogen-bond donors (Lipinski definition) is 2. The molecule has 102 valence electrons. The number of hydrogen-bond acceptors (Lipinski definition) is 4. The highest BCUT2D eigenvalue weighted by Gasteiger charge is 2.16. The van der Waals surface area contributed by atoms with Crippen LogP contribution in [0.2, 0.25) is 0 Å². The molecule has 1 heterocycles. The Morgan fingerprint density at radius 2 is 2.28 bits per heavy atom. The van der Waals surface area contributed by atoms with Gasteiger partial charge >= 0.3 is 5.97 Å². The third kappa shape index (κ3) is 5.83. The maximum atomic E-state index is 11.5. The Bertz CT molecular complexity index is 466. The number of nitrogens with one attached hydrogen (secondary N) is 1. The zero-order valence-electron chi connectivity index (χ0n) is 10.1. The Labute approximate surface area is 106 Å². The number of carboxylic acids is 1. The first-order valence-corrected chi connectivity index (χ1v) is 7.28. The number of rotatable bonds is 8. The van der Waals surface area contributed by atoms with Gasteiger partial charge in [-0.25, -0.2) is 13.1 Å². The predicted molar refractivity (Wildman–Crippen MR) is 65.7 cm³/mol. The van der Waals surface area contributed by atoms with E-state index >= 15 is 0 Å². The van der Waals surface area contributed by atoms with Gasteiger partial charge in [-0.15, -0.1) is 0 Å². The van der Waals surface area contributed by atoms with E-state index in [0.29, 0.717) is 12.8 Å². The van der Waals surface area contributed by atoms with Gasteiger partial charge in [0, 0.05) is 12.5 Å². The molecule has 1 atom stereocenters. The topological polar surface area (TPSA) is 96.6 Å². The van der Waals surface area contributed by atoms with Gasteiger partial charge in [-0.05, 0) is 25.5 Å². The average Bonchev–Trinajstić information content (AvgIpc) is 2.76. The van der Waals surface area contributed by atoms with E-state index in [-0.39, 0.29) is 12.5 Å². The molecule has 2 N–H and O–H groups in total. The molecule has 18 heavy (non-hydrogen) atoms. The Balaban J connectivity index is 2.34. The molecule has 0 saturated carbocycles. The van der Waals surface area contributed by atoms with Crippen LogP contribution in [0.15, 0.2) is 22.8 Å². The van der Waals surface area contributed by atoms with Crippen LogP contribution in [0.4, 0.5) is 0 Å². The molecule has 1 unspecified atom stereocenters. The molecule has 0 aliphatic heterocycles. The molecule has 0 fully saturated rings. The third-order valence-electron chi connectivity index (χ3n) is 2.37. The molecule has 1 rings (SSSR count). The van der Waals surface area contributed by atoms with Crippen molar-refractivity contribution in [3.8, 4) is 0 Å². The molecular weight excluding hydrogens is 258 g/mol. The minimum absolute atomic E-state index is 0.256. The molecule has 0 radical (unpaired) electrons. The minimum Gasteiger partial charge on any atom is -0.481 e. The van der Waals surface area contributed by atoms with Crippen LogP contribution < -0.4 is 4.72 Å². The summed E-state index contributed by atoms with van der Waals surface area (Å²) in [5.41, 5.74) is 0. The molecular formula is C11H17NO5S. The quantitative estimate of drug-likeness (QED) is 0.737. The second-order valence-corrected chi connectivity index (χ2v) is 5.97. The largest absolute Gasteiger partial charge is 0.481 e. The van der Waals surface area contributed by atoms with Crippen molar-refractivity contribution in [2.45, 2.75) is 32.2 Å². The zero-order valence-corrected chi connectivity index (χ0v) is 10.9. The number of sulfonamides is 1. The number of carbonyl (C=O) groups is 1. The fourth-order valence-electron chi connectivity index (χ4n) is 1.46. The van der Waals surface area contributed by atoms with E-state index in [0.717, 1.165) is 5.76 Å². The fraction of sp³-hybridized carbons (Fsp3) is 0.545. The molecule has 0 saturated heterocycles. The Morgan fingerprint density at radius 3 is 2.83 bits per heavy atom. The van der Waals surface area contributed by atoms with Crippen LogP contribution in [0, 0.1) is 0 Å². The van der Waals surface area contributed by atoms with Crippen molar-refractivity contribution >= 4 is 16.0 Å². The van der Waals surface area contributed by atoms with Gasteiger partial charge in [0.2, 0.25) is 10.0 Å². The maximum absolute atomic E-state index is 11.5. The van der Waals surface area contributed by atoms with Crippen molar-refractivity contribution in [1.29, 1.82) is 0 Å². The predicted octanol–water partition coefficient (Wildman–Crippen LogP) is 0.995. The first-order valence-electron chi connectivity index (χ1n) is 5.63. The van der Waals surface area contributed by atoms with E-state index in [1.54, 1.807) is 19.3 Å². The van der Waals surface area contributed by atoms with Gasteiger partial charge in [0.25, 0.3) is 0 Å². The van der Waals surface area contributed by atoms with E-state index in [2.05, 4.69) is 4.72 Å². The van der Waals surface area contributed by atoms with Crippen molar-refractivity contribution in [2.24, 2.45) is 0 Å². The van der Waals surface area contributed by atoms with Crippen LogP contribution in [0.3, 0.4) is 0 Å². The monoisotopic (exact) mass is 275 g/mol. The highest BCUT2D eigenvalue weighted by molar-refractivity contribution is 7.89. The summed E-state index contributed by atoms with van der Waals surface area (Å²) in [5, 5.41) is 8.43. The smallest absolute Gasteiger partial charge is 0.304 e. The molecule has 6 nitrogen and oxygen atoms in total. The summed E-state index contributed by atoms with van der Waals surface area (Å²) >= 11 is 0. The molecule has 7 heteroatoms. The van der Waals surface area contributed by atoms with E-state index in [1.165, 1.54) is 0 Å². The first-order chi connectivity index (χ1) is 8.39. The molecule has 0 aromatic carbocycles. The van der Waals surface area contributed by atoms with Crippen molar-refractivity contribution in [3.05, 3.63) is 24.2 Å². The third-order valence-corrected chi connectivity index (χ3v) is 3.87. The summed E-state index contributed by atoms with van der Waals surface area (Å²) in [4.78, 5) is 10.3. The summed E-state index contributed by atoms with van der Waals surface area (Å²) < 4.78 is 30.6. The van der Waals surface area contributed by atoms with Crippen LogP contribution >= 0.6 is 0 Å². The zero-order chi connectivity index (χ0) is 13.6. The van der Waals surface area contributed by atoms with Gasteiger partial charge in [-0.2, -0.15) is 0 Å². The number of carboxylic acid groups (broad SMARTS) is 1. The second kappa shape index (κ2) is 6.55. The van der Waals surface area contributed by atoms with Crippen LogP contribution in [0.1, 0.15) is 25.5 Å². The first kappa shape index (κ1) is 14.7. The van der Waals surface area contributed by atoms with Crippen LogP contribution in [-0.4, -0.2) is 31.3 Å². The minimum atomic E-state index is -3.53. The molecule has 0 spiro atoms. The normalized spacial score (nSPS) is 13.4. The molecule has 1 aromatic heterocycles. The average molecular weight is 275 g/mol. The number of aryl methyl sites for hydroxylation is 1. The SMILES string of the molecule is CC(CCc1ccco1)NS(=O)(=O)CCC(=O)O. The summed E-state index contributed by atoms with van der Waals surface area (Å²) in [5.74, 6) is -0.719. The van der Waals surface area contributed by atoms with Gasteiger partial charge < -0.3 is 9.52 Å². The van der Waals surface area contributed by atoms with Crippen molar-refractivity contribution in [3.63, 3.8) is 0 Å². The lowest BCUT2D eigenvalue weighted by Crippen LogP contribution is -2.35. The van der Waals surface area contributed by atoms with E-state index in [9.17, 15) is 13.2 Å². The van der Waals surface area contributed by atoms with Crippen molar-refractivity contribution < 1.29 is 22.7 Å². The van der Waals surface area contributed by atoms with Gasteiger partial charge in [0.1, 0.15) is 5.76 Å². The number of aliphatic carboxylic acids is 1. The Kier molecular flexibility index (Phi) is 5.36. The van der Waals surface area contributed by atoms with E-state index < -0.39 is 21.7 Å². The van der Waals surface area contributed by atoms with Crippen molar-refractivity contribution in [1.82, 2.24) is 4.72 Å². The van der Waals surface area contributed by atoms with Crippen molar-refractivity contribution in [2.75, 3.05) is 5.75 Å². The van der Waals surface area contributed by atoms with E-state index in [1.807, 2.05) is 6.07 Å². The highest BCUT2D eigenvalue weighted by Crippen LogP contribution is 2.06. The molecule has 0 aliphatic carbocycles. The summed E-state index contributed by atoms with van der Waals surface area (Å²) in [6.07, 6.45) is 2.41. The standard InChI is InChI=1S/C11H17NO5S/c1-9(4-5-10-3-2-7-17-10)12-18(15,16)8-6-11(13)14/h2-3,7,9,12H,4-6,8H2,1H3,(H,13,14). The molecule has 0 aliphatic rings. The Morgan fingerprint density at radius 1 is 1.56 bits per heavy atom. The molecule has 1 aromatic rings. The lowest BCUT2D eigenvalue weighted by molar-refractivity contribution is -0.136. The summed E-state index contributed by atoms with van der Waals surface area (Å²) in [7, 11) is -3.53. The van der Waals surface area contributed by atoms with Crippen LogP contribution in [0.5, 0.6) is 0 Å². The van der Waals surface area contributed by atoms with Gasteiger partial charge in [0.05, 0.1) is 18.4 Å². The van der Waals surface area contributed by atoms with Crippen LogP contribution in [-0.2, 0) is 21.2 Å². The van der Waals surface area contributed by atoms with E-state index in [4.69, 9.17) is 9.52 Å². The van der Waals surface area contributed by atoms with Gasteiger partial charge in [-0.3, -0.25) is 4.79 Å². The Hall–Kier alpha value is -1.34. The van der Waals surface area contributed by atoms with Gasteiger partial charge in [-0.1, -0.05) is 0 Å². The lowest BCUT2D eigenvalue weighted by Gasteiger charge is -2.12. The molecule has 0 bridgehead atoms. The second-order valence-electron chi connectivity index (χ2n) is 4.10. The fourth-order valence-corrected chi connectivity index (χ4v) is 2.75. The van der Waals surface area contributed by atoms with Gasteiger partial charge in [0.15, 0.2) is 0 Å². The lowest BCUT2D eigenvalue weighted by atomic mass is 10.2. The highest BCUT2D eigenvalue weighted by atomic mass is 32.2. The number of furan rings is 1. The summed E-state index contributed by atoms with van der Waals surface area (Å²) in [6, 6.07) is 3.34. The molecule has 0 amide bonds. The maximum Gasteiger partial charge on any atom is 0.304 e.